The van der Waals surface area contributed by atoms with Crippen LogP contribution in [0.5, 0.6) is 0 Å². The van der Waals surface area contributed by atoms with Crippen molar-refractivity contribution in [2.45, 2.75) is 40.5 Å². The van der Waals surface area contributed by atoms with Crippen molar-refractivity contribution in [3.05, 3.63) is 58.7 Å². The number of benzene rings is 2. The van der Waals surface area contributed by atoms with E-state index in [0.717, 1.165) is 11.4 Å². The summed E-state index contributed by atoms with van der Waals surface area (Å²) in [6, 6.07) is 12.6. The van der Waals surface area contributed by atoms with Crippen LogP contribution in [0.4, 0.5) is 11.4 Å². The second-order valence-corrected chi connectivity index (χ2v) is 6.43. The molecule has 0 aliphatic rings. The van der Waals surface area contributed by atoms with E-state index in [1.807, 2.05) is 6.07 Å². The molecule has 0 aliphatic carbocycles. The molecule has 22 heavy (non-hydrogen) atoms. The van der Waals surface area contributed by atoms with Gasteiger partial charge in [-0.2, -0.15) is 0 Å². The maximum Gasteiger partial charge on any atom is 0.175 e. The van der Waals surface area contributed by atoms with Gasteiger partial charge in [0.1, 0.15) is 0 Å². The molecule has 0 fully saturated rings. The van der Waals surface area contributed by atoms with Crippen LogP contribution in [0.2, 0.25) is 0 Å². The zero-order valence-electron chi connectivity index (χ0n) is 13.9. The van der Waals surface area contributed by atoms with Gasteiger partial charge in [-0.15, -0.1) is 0 Å². The highest BCUT2D eigenvalue weighted by molar-refractivity contribution is 7.80. The number of aryl methyl sites for hydroxylation is 2. The first-order valence-corrected chi connectivity index (χ1v) is 8.04. The Morgan fingerprint density at radius 1 is 0.909 bits per heavy atom. The van der Waals surface area contributed by atoms with Gasteiger partial charge in [0.2, 0.25) is 0 Å². The summed E-state index contributed by atoms with van der Waals surface area (Å²) in [6.45, 7) is 10.7. The molecule has 0 aromatic heterocycles. The molecule has 2 aromatic rings. The number of hydrogen-bond acceptors (Lipinski definition) is 1. The smallest absolute Gasteiger partial charge is 0.175 e. The third-order valence-electron chi connectivity index (χ3n) is 4.02. The molecule has 2 nitrogen and oxygen atoms in total. The summed E-state index contributed by atoms with van der Waals surface area (Å²) in [6.07, 6.45) is 0. The van der Waals surface area contributed by atoms with Crippen molar-refractivity contribution in [1.82, 2.24) is 0 Å². The molecule has 2 aromatic carbocycles. The SMILES string of the molecule is Cc1cccc(NC(=S)Nc2c(C)cccc2C(C)C)c1C. The molecular formula is C19H24N2S. The number of nitrogens with one attached hydrogen (secondary N) is 2. The van der Waals surface area contributed by atoms with Crippen LogP contribution >= 0.6 is 12.2 Å². The third-order valence-corrected chi connectivity index (χ3v) is 4.22. The Morgan fingerprint density at radius 3 is 2.23 bits per heavy atom. The van der Waals surface area contributed by atoms with E-state index in [1.165, 1.54) is 22.3 Å². The van der Waals surface area contributed by atoms with Crippen molar-refractivity contribution in [3.8, 4) is 0 Å². The van der Waals surface area contributed by atoms with Crippen LogP contribution in [0.3, 0.4) is 0 Å². The molecule has 0 amide bonds. The molecule has 0 spiro atoms. The predicted octanol–water partition coefficient (Wildman–Crippen LogP) is 5.54. The van der Waals surface area contributed by atoms with Gasteiger partial charge in [0.15, 0.2) is 5.11 Å². The van der Waals surface area contributed by atoms with Crippen molar-refractivity contribution in [3.63, 3.8) is 0 Å². The molecule has 0 saturated carbocycles. The minimum atomic E-state index is 0.450. The lowest BCUT2D eigenvalue weighted by Gasteiger charge is -2.19. The molecule has 0 unspecified atom stereocenters. The normalized spacial score (nSPS) is 10.6. The van der Waals surface area contributed by atoms with Crippen LogP contribution in [0.15, 0.2) is 36.4 Å². The molecule has 0 radical (unpaired) electrons. The third kappa shape index (κ3) is 3.66. The van der Waals surface area contributed by atoms with Gasteiger partial charge in [0.25, 0.3) is 0 Å². The van der Waals surface area contributed by atoms with Crippen LogP contribution in [0, 0.1) is 20.8 Å². The summed E-state index contributed by atoms with van der Waals surface area (Å²) in [7, 11) is 0. The van der Waals surface area contributed by atoms with Crippen LogP contribution in [-0.2, 0) is 0 Å². The second kappa shape index (κ2) is 6.93. The van der Waals surface area contributed by atoms with Crippen molar-refractivity contribution in [2.75, 3.05) is 10.6 Å². The van der Waals surface area contributed by atoms with E-state index >= 15 is 0 Å². The zero-order chi connectivity index (χ0) is 16.3. The lowest BCUT2D eigenvalue weighted by Crippen LogP contribution is -2.21. The first-order chi connectivity index (χ1) is 10.4. The Hall–Kier alpha value is -1.87. The monoisotopic (exact) mass is 312 g/mol. The second-order valence-electron chi connectivity index (χ2n) is 6.02. The lowest BCUT2D eigenvalue weighted by molar-refractivity contribution is 0.868. The fraction of sp³-hybridized carbons (Fsp3) is 0.316. The minimum absolute atomic E-state index is 0.450. The highest BCUT2D eigenvalue weighted by Gasteiger charge is 2.11. The summed E-state index contributed by atoms with van der Waals surface area (Å²) in [5, 5.41) is 7.32. The maximum atomic E-state index is 5.50. The number of anilines is 2. The molecule has 0 atom stereocenters. The summed E-state index contributed by atoms with van der Waals surface area (Å²) in [5.41, 5.74) is 7.13. The average molecular weight is 312 g/mol. The van der Waals surface area contributed by atoms with Crippen molar-refractivity contribution in [2.24, 2.45) is 0 Å². The first kappa shape index (κ1) is 16.5. The Morgan fingerprint density at radius 2 is 1.55 bits per heavy atom. The van der Waals surface area contributed by atoms with Gasteiger partial charge < -0.3 is 10.6 Å². The summed E-state index contributed by atoms with van der Waals surface area (Å²) < 4.78 is 0. The van der Waals surface area contributed by atoms with Gasteiger partial charge in [-0.05, 0) is 67.2 Å². The van der Waals surface area contributed by atoms with Gasteiger partial charge >= 0.3 is 0 Å². The highest BCUT2D eigenvalue weighted by atomic mass is 32.1. The molecule has 116 valence electrons. The zero-order valence-corrected chi connectivity index (χ0v) is 14.8. The fourth-order valence-electron chi connectivity index (χ4n) is 2.50. The molecule has 0 saturated heterocycles. The van der Waals surface area contributed by atoms with Crippen molar-refractivity contribution < 1.29 is 0 Å². The van der Waals surface area contributed by atoms with E-state index in [2.05, 4.69) is 75.6 Å². The summed E-state index contributed by atoms with van der Waals surface area (Å²) in [5.74, 6) is 0.450. The Labute approximate surface area is 139 Å². The van der Waals surface area contributed by atoms with E-state index in [9.17, 15) is 0 Å². The Kier molecular flexibility index (Phi) is 5.19. The van der Waals surface area contributed by atoms with E-state index < -0.39 is 0 Å². The molecule has 0 aliphatic heterocycles. The van der Waals surface area contributed by atoms with E-state index in [4.69, 9.17) is 12.2 Å². The van der Waals surface area contributed by atoms with Gasteiger partial charge in [-0.1, -0.05) is 44.2 Å². The number of para-hydroxylation sites is 1. The van der Waals surface area contributed by atoms with Crippen LogP contribution in [-0.4, -0.2) is 5.11 Å². The molecule has 3 heteroatoms. The van der Waals surface area contributed by atoms with E-state index in [1.54, 1.807) is 0 Å². The summed E-state index contributed by atoms with van der Waals surface area (Å²) in [4.78, 5) is 0. The Balaban J connectivity index is 2.21. The fourth-order valence-corrected chi connectivity index (χ4v) is 2.71. The van der Waals surface area contributed by atoms with Crippen molar-refractivity contribution in [1.29, 1.82) is 0 Å². The maximum absolute atomic E-state index is 5.50. The molecule has 0 bridgehead atoms. The van der Waals surface area contributed by atoms with Gasteiger partial charge in [0, 0.05) is 11.4 Å². The number of hydrogen-bond donors (Lipinski definition) is 2. The predicted molar refractivity (Wildman–Crippen MR) is 101 cm³/mol. The highest BCUT2D eigenvalue weighted by Crippen LogP contribution is 2.27. The Bertz CT molecular complexity index is 690. The molecule has 2 N–H and O–H groups in total. The largest absolute Gasteiger partial charge is 0.332 e. The number of thiocarbonyl (C=S) groups is 1. The first-order valence-electron chi connectivity index (χ1n) is 7.64. The lowest BCUT2D eigenvalue weighted by atomic mass is 9.98. The van der Waals surface area contributed by atoms with Crippen molar-refractivity contribution >= 4 is 28.7 Å². The molecule has 2 rings (SSSR count). The standard InChI is InChI=1S/C19H24N2S/c1-12(2)16-10-6-9-14(4)18(16)21-19(22)20-17-11-7-8-13(3)15(17)5/h6-12H,1-5H3,(H2,20,21,22). The van der Waals surface area contributed by atoms with Gasteiger partial charge in [-0.3, -0.25) is 0 Å². The van der Waals surface area contributed by atoms with Crippen LogP contribution in [0.25, 0.3) is 0 Å². The topological polar surface area (TPSA) is 24.1 Å². The quantitative estimate of drug-likeness (QED) is 0.727. The number of rotatable bonds is 3. The van der Waals surface area contributed by atoms with Gasteiger partial charge in [0.05, 0.1) is 0 Å². The van der Waals surface area contributed by atoms with E-state index in [-0.39, 0.29) is 0 Å². The summed E-state index contributed by atoms with van der Waals surface area (Å²) >= 11 is 5.50. The van der Waals surface area contributed by atoms with Crippen LogP contribution < -0.4 is 10.6 Å². The average Bonchev–Trinajstić information content (AvgIpc) is 2.46. The minimum Gasteiger partial charge on any atom is -0.332 e. The van der Waals surface area contributed by atoms with Crippen LogP contribution in [0.1, 0.15) is 42.0 Å². The molecule has 0 heterocycles. The molecular weight excluding hydrogens is 288 g/mol. The van der Waals surface area contributed by atoms with E-state index in [0.29, 0.717) is 11.0 Å². The van der Waals surface area contributed by atoms with Gasteiger partial charge in [-0.25, -0.2) is 0 Å².